The molecule has 0 aliphatic carbocycles. The number of aromatic nitrogens is 2. The number of nitrogens with one attached hydrogen (secondary N) is 1. The predicted molar refractivity (Wildman–Crippen MR) is 58.1 cm³/mol. The maximum Gasteiger partial charge on any atom is 0.0533 e. The summed E-state index contributed by atoms with van der Waals surface area (Å²) in [6.45, 7) is 5.25. The van der Waals surface area contributed by atoms with Gasteiger partial charge in [-0.3, -0.25) is 4.68 Å². The third-order valence-corrected chi connectivity index (χ3v) is 2.61. The molecule has 0 aliphatic rings. The highest BCUT2D eigenvalue weighted by Gasteiger charge is 1.89. The van der Waals surface area contributed by atoms with Crippen LogP contribution in [-0.2, 0) is 6.54 Å². The molecule has 0 saturated heterocycles. The Hall–Kier alpha value is -0.480. The van der Waals surface area contributed by atoms with Crippen molar-refractivity contribution in [3.05, 3.63) is 18.5 Å². The quantitative estimate of drug-likeness (QED) is 0.670. The van der Waals surface area contributed by atoms with Crippen molar-refractivity contribution >= 4 is 11.8 Å². The van der Waals surface area contributed by atoms with E-state index in [4.69, 9.17) is 0 Å². The average molecular weight is 199 g/mol. The Morgan fingerprint density at radius 3 is 3.08 bits per heavy atom. The molecule has 4 heteroatoms. The van der Waals surface area contributed by atoms with Gasteiger partial charge in [0.25, 0.3) is 0 Å². The molecule has 0 amide bonds. The lowest BCUT2D eigenvalue weighted by atomic mass is 10.6. The lowest BCUT2D eigenvalue weighted by Gasteiger charge is -2.03. The molecule has 13 heavy (non-hydrogen) atoms. The van der Waals surface area contributed by atoms with E-state index in [1.165, 1.54) is 11.5 Å². The van der Waals surface area contributed by atoms with E-state index >= 15 is 0 Å². The molecule has 1 heterocycles. The minimum Gasteiger partial charge on any atom is -0.314 e. The second-order valence-corrected chi connectivity index (χ2v) is 4.11. The van der Waals surface area contributed by atoms with Gasteiger partial charge in [-0.2, -0.15) is 16.9 Å². The van der Waals surface area contributed by atoms with Crippen molar-refractivity contribution in [2.75, 3.05) is 24.6 Å². The van der Waals surface area contributed by atoms with Gasteiger partial charge in [-0.1, -0.05) is 6.92 Å². The largest absolute Gasteiger partial charge is 0.314 e. The van der Waals surface area contributed by atoms with E-state index in [0.29, 0.717) is 0 Å². The topological polar surface area (TPSA) is 29.9 Å². The van der Waals surface area contributed by atoms with Crippen molar-refractivity contribution in [2.45, 2.75) is 13.5 Å². The normalized spacial score (nSPS) is 10.5. The van der Waals surface area contributed by atoms with Gasteiger partial charge in [0.05, 0.1) is 6.54 Å². The van der Waals surface area contributed by atoms with Crippen molar-refractivity contribution in [1.82, 2.24) is 15.1 Å². The van der Waals surface area contributed by atoms with E-state index in [0.717, 1.165) is 19.6 Å². The van der Waals surface area contributed by atoms with Crippen molar-refractivity contribution in [1.29, 1.82) is 0 Å². The Labute approximate surface area is 83.9 Å². The second-order valence-electron chi connectivity index (χ2n) is 2.72. The van der Waals surface area contributed by atoms with Crippen LogP contribution in [0.5, 0.6) is 0 Å². The molecule has 0 unspecified atom stereocenters. The molecule has 0 bridgehead atoms. The van der Waals surface area contributed by atoms with E-state index in [2.05, 4.69) is 17.3 Å². The van der Waals surface area contributed by atoms with Gasteiger partial charge in [-0.25, -0.2) is 0 Å². The summed E-state index contributed by atoms with van der Waals surface area (Å²) in [6.07, 6.45) is 3.80. The Balaban J connectivity index is 1.90. The number of rotatable bonds is 7. The molecule has 0 spiro atoms. The minimum atomic E-state index is 0.962. The summed E-state index contributed by atoms with van der Waals surface area (Å²) in [5, 5.41) is 7.50. The summed E-state index contributed by atoms with van der Waals surface area (Å²) in [6, 6.07) is 1.95. The van der Waals surface area contributed by atoms with Gasteiger partial charge >= 0.3 is 0 Å². The SMILES string of the molecule is CCSCCNCCn1cccn1. The van der Waals surface area contributed by atoms with Crippen LogP contribution in [0.4, 0.5) is 0 Å². The number of hydrogen-bond acceptors (Lipinski definition) is 3. The molecule has 74 valence electrons. The van der Waals surface area contributed by atoms with Crippen molar-refractivity contribution in [2.24, 2.45) is 0 Å². The Bertz CT molecular complexity index is 199. The first-order valence-corrected chi connectivity index (χ1v) is 5.85. The highest BCUT2D eigenvalue weighted by atomic mass is 32.2. The van der Waals surface area contributed by atoms with Crippen molar-refractivity contribution < 1.29 is 0 Å². The van der Waals surface area contributed by atoms with Crippen LogP contribution in [0, 0.1) is 0 Å². The Morgan fingerprint density at radius 2 is 2.38 bits per heavy atom. The standard InChI is InChI=1S/C9H17N3S/c1-2-13-9-6-10-5-8-12-7-3-4-11-12/h3-4,7,10H,2,5-6,8-9H2,1H3. The van der Waals surface area contributed by atoms with Gasteiger partial charge in [-0.05, 0) is 11.8 Å². The highest BCUT2D eigenvalue weighted by Crippen LogP contribution is 1.94. The Kier molecular flexibility index (Phi) is 5.69. The molecule has 1 N–H and O–H groups in total. The predicted octanol–water partition coefficient (Wildman–Crippen LogP) is 1.23. The van der Waals surface area contributed by atoms with Gasteiger partial charge < -0.3 is 5.32 Å². The summed E-state index contributed by atoms with van der Waals surface area (Å²) in [5.74, 6) is 2.41. The van der Waals surface area contributed by atoms with Crippen LogP contribution in [0.2, 0.25) is 0 Å². The van der Waals surface area contributed by atoms with Crippen LogP contribution in [0.1, 0.15) is 6.92 Å². The van der Waals surface area contributed by atoms with Crippen molar-refractivity contribution in [3.8, 4) is 0 Å². The zero-order valence-electron chi connectivity index (χ0n) is 8.07. The number of nitrogens with zero attached hydrogens (tertiary/aromatic N) is 2. The van der Waals surface area contributed by atoms with Gasteiger partial charge in [0.2, 0.25) is 0 Å². The lowest BCUT2D eigenvalue weighted by molar-refractivity contribution is 0.567. The smallest absolute Gasteiger partial charge is 0.0533 e. The van der Waals surface area contributed by atoms with Crippen LogP contribution >= 0.6 is 11.8 Å². The van der Waals surface area contributed by atoms with Crippen LogP contribution in [0.25, 0.3) is 0 Å². The zero-order chi connectivity index (χ0) is 9.36. The van der Waals surface area contributed by atoms with Crippen LogP contribution in [0.15, 0.2) is 18.5 Å². The van der Waals surface area contributed by atoms with E-state index in [-0.39, 0.29) is 0 Å². The van der Waals surface area contributed by atoms with Gasteiger partial charge in [0.1, 0.15) is 0 Å². The maximum atomic E-state index is 4.12. The highest BCUT2D eigenvalue weighted by molar-refractivity contribution is 7.99. The summed E-state index contributed by atoms with van der Waals surface area (Å²) in [4.78, 5) is 0. The third kappa shape index (κ3) is 4.95. The van der Waals surface area contributed by atoms with E-state index in [1.54, 1.807) is 0 Å². The van der Waals surface area contributed by atoms with E-state index < -0.39 is 0 Å². The molecule has 0 aliphatic heterocycles. The fraction of sp³-hybridized carbons (Fsp3) is 0.667. The molecule has 0 radical (unpaired) electrons. The zero-order valence-corrected chi connectivity index (χ0v) is 8.89. The molecule has 0 fully saturated rings. The minimum absolute atomic E-state index is 0.962. The van der Waals surface area contributed by atoms with E-state index in [1.807, 2.05) is 34.9 Å². The molecule has 1 aromatic heterocycles. The molecule has 1 rings (SSSR count). The molecule has 0 atom stereocenters. The first kappa shape index (κ1) is 10.6. The number of hydrogen-bond donors (Lipinski definition) is 1. The molecule has 0 aromatic carbocycles. The van der Waals surface area contributed by atoms with Crippen LogP contribution in [-0.4, -0.2) is 34.4 Å². The molecular formula is C9H17N3S. The van der Waals surface area contributed by atoms with Gasteiger partial charge in [-0.15, -0.1) is 0 Å². The fourth-order valence-electron chi connectivity index (χ4n) is 1.04. The van der Waals surface area contributed by atoms with E-state index in [9.17, 15) is 0 Å². The molecule has 0 saturated carbocycles. The van der Waals surface area contributed by atoms with Crippen molar-refractivity contribution in [3.63, 3.8) is 0 Å². The van der Waals surface area contributed by atoms with Gasteiger partial charge in [0, 0.05) is 31.2 Å². The molecular weight excluding hydrogens is 182 g/mol. The second kappa shape index (κ2) is 6.97. The summed E-state index contributed by atoms with van der Waals surface area (Å²) in [5.41, 5.74) is 0. The third-order valence-electron chi connectivity index (χ3n) is 1.70. The summed E-state index contributed by atoms with van der Waals surface area (Å²) >= 11 is 1.97. The lowest BCUT2D eigenvalue weighted by Crippen LogP contribution is -2.22. The molecule has 1 aromatic rings. The van der Waals surface area contributed by atoms with Crippen LogP contribution < -0.4 is 5.32 Å². The Morgan fingerprint density at radius 1 is 1.46 bits per heavy atom. The van der Waals surface area contributed by atoms with Crippen LogP contribution in [0.3, 0.4) is 0 Å². The first-order chi connectivity index (χ1) is 6.43. The average Bonchev–Trinajstić information content (AvgIpc) is 2.63. The summed E-state index contributed by atoms with van der Waals surface area (Å²) in [7, 11) is 0. The molecule has 3 nitrogen and oxygen atoms in total. The first-order valence-electron chi connectivity index (χ1n) is 4.69. The van der Waals surface area contributed by atoms with Gasteiger partial charge in [0.15, 0.2) is 0 Å². The fourth-order valence-corrected chi connectivity index (χ4v) is 1.62. The monoisotopic (exact) mass is 199 g/mol. The number of thioether (sulfide) groups is 1. The maximum absolute atomic E-state index is 4.12. The summed E-state index contributed by atoms with van der Waals surface area (Å²) < 4.78 is 1.94.